The quantitative estimate of drug-likeness (QED) is 0.779. The summed E-state index contributed by atoms with van der Waals surface area (Å²) in [5, 5.41) is 4.39. The van der Waals surface area contributed by atoms with Gasteiger partial charge in [-0.15, -0.1) is 11.3 Å². The van der Waals surface area contributed by atoms with Gasteiger partial charge in [-0.25, -0.2) is 8.42 Å². The van der Waals surface area contributed by atoms with Crippen molar-refractivity contribution in [3.8, 4) is 0 Å². The molecule has 24 heavy (non-hydrogen) atoms. The molecule has 0 radical (unpaired) electrons. The van der Waals surface area contributed by atoms with Crippen LogP contribution in [0.1, 0.15) is 9.67 Å². The van der Waals surface area contributed by atoms with Gasteiger partial charge in [0.15, 0.2) is 0 Å². The van der Waals surface area contributed by atoms with Gasteiger partial charge in [0.2, 0.25) is 10.0 Å². The third kappa shape index (κ3) is 3.85. The Kier molecular flexibility index (Phi) is 5.66. The van der Waals surface area contributed by atoms with Crippen molar-refractivity contribution in [3.63, 3.8) is 0 Å². The number of carbonyl (C=O) groups is 1. The van der Waals surface area contributed by atoms with E-state index in [0.29, 0.717) is 18.8 Å². The van der Waals surface area contributed by atoms with Crippen LogP contribution in [0.15, 0.2) is 45.1 Å². The first kappa shape index (κ1) is 17.9. The maximum Gasteiger partial charge on any atom is 0.267 e. The Bertz CT molecular complexity index is 828. The Morgan fingerprint density at radius 1 is 1.12 bits per heavy atom. The van der Waals surface area contributed by atoms with E-state index in [4.69, 9.17) is 0 Å². The average Bonchev–Trinajstić information content (AvgIpc) is 3.08. The highest BCUT2D eigenvalue weighted by Crippen LogP contribution is 2.28. The molecule has 0 unspecified atom stereocenters. The minimum absolute atomic E-state index is 0.0917. The molecule has 2 heterocycles. The van der Waals surface area contributed by atoms with E-state index in [9.17, 15) is 13.2 Å². The second-order valence-corrected chi connectivity index (χ2v) is 10.1. The molecule has 1 fully saturated rings. The summed E-state index contributed by atoms with van der Waals surface area (Å²) in [5.74, 6) is 1.16. The number of hydrogen-bond donors (Lipinski definition) is 1. The first-order chi connectivity index (χ1) is 11.5. The highest BCUT2D eigenvalue weighted by atomic mass is 79.9. The monoisotopic (exact) mass is 446 g/mol. The van der Waals surface area contributed by atoms with Crippen LogP contribution in [-0.4, -0.2) is 43.2 Å². The minimum atomic E-state index is -3.63. The minimum Gasteiger partial charge on any atom is -0.321 e. The number of anilines is 1. The van der Waals surface area contributed by atoms with Gasteiger partial charge in [-0.2, -0.15) is 16.1 Å². The lowest BCUT2D eigenvalue weighted by molar-refractivity contribution is 0.102. The van der Waals surface area contributed by atoms with Crippen molar-refractivity contribution < 1.29 is 13.2 Å². The normalized spacial score (nSPS) is 16.0. The summed E-state index contributed by atoms with van der Waals surface area (Å²) in [6, 6.07) is 8.65. The molecule has 0 atom stereocenters. The highest BCUT2D eigenvalue weighted by Gasteiger charge is 2.31. The average molecular weight is 447 g/mol. The number of benzene rings is 1. The Morgan fingerprint density at radius 3 is 2.46 bits per heavy atom. The van der Waals surface area contributed by atoms with Crippen LogP contribution in [0.4, 0.5) is 5.69 Å². The number of rotatable bonds is 4. The third-order valence-corrected chi connectivity index (χ3v) is 7.98. The van der Waals surface area contributed by atoms with Gasteiger partial charge in [0.25, 0.3) is 5.91 Å². The van der Waals surface area contributed by atoms with Gasteiger partial charge in [0.05, 0.1) is 0 Å². The zero-order chi connectivity index (χ0) is 17.2. The summed E-state index contributed by atoms with van der Waals surface area (Å²) >= 11 is 6.21. The van der Waals surface area contributed by atoms with Crippen LogP contribution < -0.4 is 5.32 Å². The van der Waals surface area contributed by atoms with Crippen LogP contribution >= 0.6 is 39.0 Å². The molecule has 1 aliphatic rings. The fraction of sp³-hybridized carbons (Fsp3) is 0.267. The molecule has 1 amide bonds. The van der Waals surface area contributed by atoms with Crippen molar-refractivity contribution in [3.05, 3.63) is 45.1 Å². The molecule has 1 aromatic carbocycles. The number of nitrogens with zero attached hydrogens (tertiary/aromatic N) is 1. The lowest BCUT2D eigenvalue weighted by Crippen LogP contribution is -2.38. The molecular formula is C15H15BrN2O3S3. The fourth-order valence-corrected chi connectivity index (χ4v) is 6.45. The molecular weight excluding hydrogens is 432 g/mol. The third-order valence-electron chi connectivity index (χ3n) is 3.53. The first-order valence-corrected chi connectivity index (χ1v) is 11.5. The van der Waals surface area contributed by atoms with Crippen LogP contribution in [0.5, 0.6) is 0 Å². The fourth-order valence-electron chi connectivity index (χ4n) is 2.31. The topological polar surface area (TPSA) is 66.5 Å². The molecule has 2 aromatic rings. The van der Waals surface area contributed by atoms with Gasteiger partial charge in [0, 0.05) is 34.8 Å². The smallest absolute Gasteiger partial charge is 0.267 e. The summed E-state index contributed by atoms with van der Waals surface area (Å²) < 4.78 is 28.0. The van der Waals surface area contributed by atoms with Crippen molar-refractivity contribution in [2.24, 2.45) is 0 Å². The molecule has 0 bridgehead atoms. The number of hydrogen-bond acceptors (Lipinski definition) is 5. The van der Waals surface area contributed by atoms with E-state index in [1.165, 1.54) is 10.4 Å². The zero-order valence-corrected chi connectivity index (χ0v) is 16.6. The number of nitrogens with one attached hydrogen (secondary N) is 1. The van der Waals surface area contributed by atoms with Crippen LogP contribution in [0.25, 0.3) is 0 Å². The van der Waals surface area contributed by atoms with Crippen LogP contribution in [0.3, 0.4) is 0 Å². The number of halogens is 1. The highest BCUT2D eigenvalue weighted by molar-refractivity contribution is 9.10. The van der Waals surface area contributed by atoms with Crippen LogP contribution in [0.2, 0.25) is 0 Å². The van der Waals surface area contributed by atoms with E-state index in [1.807, 2.05) is 12.1 Å². The Labute approximate surface area is 157 Å². The van der Waals surface area contributed by atoms with Crippen molar-refractivity contribution in [1.29, 1.82) is 0 Å². The number of amides is 1. The molecule has 0 spiro atoms. The molecule has 1 N–H and O–H groups in total. The second kappa shape index (κ2) is 7.57. The molecule has 5 nitrogen and oxygen atoms in total. The van der Waals surface area contributed by atoms with E-state index < -0.39 is 15.9 Å². The maximum atomic E-state index is 12.8. The number of thioether (sulfide) groups is 1. The first-order valence-electron chi connectivity index (χ1n) is 7.21. The Balaban J connectivity index is 1.84. The molecule has 128 valence electrons. The van der Waals surface area contributed by atoms with E-state index in [0.717, 1.165) is 27.3 Å². The van der Waals surface area contributed by atoms with Gasteiger partial charge in [0.1, 0.15) is 9.77 Å². The lowest BCUT2D eigenvalue weighted by atomic mass is 10.3. The number of carbonyl (C=O) groups excluding carboxylic acids is 1. The van der Waals surface area contributed by atoms with Crippen molar-refractivity contribution >= 4 is 60.6 Å². The zero-order valence-electron chi connectivity index (χ0n) is 12.6. The van der Waals surface area contributed by atoms with Crippen molar-refractivity contribution in [2.75, 3.05) is 29.9 Å². The number of sulfonamides is 1. The standard InChI is InChI=1S/C15H15BrN2O3S3/c16-11-1-3-12(4-2-11)17-15(19)14-13(5-8-23-14)24(20,21)18-6-9-22-10-7-18/h1-5,8H,6-7,9-10H2,(H,17,19). The van der Waals surface area contributed by atoms with E-state index >= 15 is 0 Å². The summed E-state index contributed by atoms with van der Waals surface area (Å²) in [4.78, 5) is 12.8. The Hall–Kier alpha value is -0.870. The summed E-state index contributed by atoms with van der Waals surface area (Å²) in [6.07, 6.45) is 0. The van der Waals surface area contributed by atoms with Gasteiger partial charge >= 0.3 is 0 Å². The predicted molar refractivity (Wildman–Crippen MR) is 102 cm³/mol. The van der Waals surface area contributed by atoms with Gasteiger partial charge in [-0.05, 0) is 35.7 Å². The number of thiophene rings is 1. The lowest BCUT2D eigenvalue weighted by Gasteiger charge is -2.25. The largest absolute Gasteiger partial charge is 0.321 e. The molecule has 9 heteroatoms. The van der Waals surface area contributed by atoms with Gasteiger partial charge in [-0.1, -0.05) is 15.9 Å². The molecule has 3 rings (SSSR count). The Morgan fingerprint density at radius 2 is 1.79 bits per heavy atom. The van der Waals surface area contributed by atoms with E-state index in [1.54, 1.807) is 29.3 Å². The van der Waals surface area contributed by atoms with Crippen molar-refractivity contribution in [2.45, 2.75) is 4.90 Å². The van der Waals surface area contributed by atoms with Crippen LogP contribution in [-0.2, 0) is 10.0 Å². The maximum absolute atomic E-state index is 12.8. The molecule has 1 aliphatic heterocycles. The summed E-state index contributed by atoms with van der Waals surface area (Å²) in [7, 11) is -3.63. The van der Waals surface area contributed by atoms with E-state index in [2.05, 4.69) is 21.2 Å². The SMILES string of the molecule is O=C(Nc1ccc(Br)cc1)c1sccc1S(=O)(=O)N1CCSCC1. The predicted octanol–water partition coefficient (Wildman–Crippen LogP) is 3.50. The summed E-state index contributed by atoms with van der Waals surface area (Å²) in [5.41, 5.74) is 0.620. The van der Waals surface area contributed by atoms with E-state index in [-0.39, 0.29) is 9.77 Å². The molecule has 1 saturated heterocycles. The van der Waals surface area contributed by atoms with Crippen LogP contribution in [0, 0.1) is 0 Å². The van der Waals surface area contributed by atoms with Crippen molar-refractivity contribution in [1.82, 2.24) is 4.31 Å². The summed E-state index contributed by atoms with van der Waals surface area (Å²) in [6.45, 7) is 0.966. The van der Waals surface area contributed by atoms with Gasteiger partial charge in [-0.3, -0.25) is 4.79 Å². The van der Waals surface area contributed by atoms with Gasteiger partial charge < -0.3 is 5.32 Å². The molecule has 0 aliphatic carbocycles. The second-order valence-electron chi connectivity index (χ2n) is 5.09. The molecule has 1 aromatic heterocycles. The molecule has 0 saturated carbocycles.